The van der Waals surface area contributed by atoms with Gasteiger partial charge in [-0.05, 0) is 25.1 Å². The first kappa shape index (κ1) is 16.6. The highest BCUT2D eigenvalue weighted by Crippen LogP contribution is 2.32. The number of non-ortho nitro benzene ring substituents is 1. The number of nitro benzene ring substituents is 1. The van der Waals surface area contributed by atoms with Crippen molar-refractivity contribution in [3.8, 4) is 17.2 Å². The predicted octanol–water partition coefficient (Wildman–Crippen LogP) is 2.77. The number of carbonyl (C=O) groups is 1. The van der Waals surface area contributed by atoms with Crippen molar-refractivity contribution in [1.82, 2.24) is 0 Å². The summed E-state index contributed by atoms with van der Waals surface area (Å²) in [5, 5.41) is 13.5. The number of carbonyl (C=O) groups excluding carboxylic acids is 1. The third kappa shape index (κ3) is 3.97. The Balaban J connectivity index is 1.64. The Morgan fingerprint density at radius 3 is 2.72 bits per heavy atom. The fourth-order valence-corrected chi connectivity index (χ4v) is 2.29. The number of hydrogen-bond donors (Lipinski definition) is 1. The Kier molecular flexibility index (Phi) is 4.69. The molecule has 0 spiro atoms. The molecule has 0 aliphatic carbocycles. The van der Waals surface area contributed by atoms with Crippen molar-refractivity contribution in [2.75, 3.05) is 18.5 Å². The van der Waals surface area contributed by atoms with Crippen molar-refractivity contribution >= 4 is 17.3 Å². The van der Waals surface area contributed by atoms with E-state index in [4.69, 9.17) is 14.2 Å². The van der Waals surface area contributed by atoms with Gasteiger partial charge in [-0.3, -0.25) is 14.9 Å². The highest BCUT2D eigenvalue weighted by Gasteiger charge is 2.18. The molecule has 1 atom stereocenters. The van der Waals surface area contributed by atoms with Gasteiger partial charge in [0.25, 0.3) is 11.6 Å². The number of nitro groups is 1. The average Bonchev–Trinajstić information content (AvgIpc) is 2.61. The van der Waals surface area contributed by atoms with Crippen LogP contribution >= 0.6 is 0 Å². The summed E-state index contributed by atoms with van der Waals surface area (Å²) in [7, 11) is 0. The zero-order chi connectivity index (χ0) is 17.8. The summed E-state index contributed by atoms with van der Waals surface area (Å²) in [5.74, 6) is 1.06. The number of fused-ring (bicyclic) bond motifs is 1. The molecule has 0 radical (unpaired) electrons. The number of hydrogen-bond acceptors (Lipinski definition) is 6. The standard InChI is InChI=1S/C17H16N2O6/c1-11(25-14-4-2-3-13(10-14)19(21)22)17(20)18-12-5-6-15-16(9-12)24-8-7-23-15/h2-6,9-11H,7-8H2,1H3,(H,18,20)/t11-/m1/s1. The first-order chi connectivity index (χ1) is 12.0. The number of ether oxygens (including phenoxy) is 3. The van der Waals surface area contributed by atoms with Crippen molar-refractivity contribution in [1.29, 1.82) is 0 Å². The highest BCUT2D eigenvalue weighted by atomic mass is 16.6. The van der Waals surface area contributed by atoms with E-state index in [1.807, 2.05) is 0 Å². The minimum Gasteiger partial charge on any atom is -0.486 e. The molecule has 25 heavy (non-hydrogen) atoms. The van der Waals surface area contributed by atoms with Gasteiger partial charge in [0.05, 0.1) is 11.0 Å². The first-order valence-electron chi connectivity index (χ1n) is 7.64. The van der Waals surface area contributed by atoms with Crippen LogP contribution in [0.5, 0.6) is 17.2 Å². The van der Waals surface area contributed by atoms with Gasteiger partial charge in [0.1, 0.15) is 19.0 Å². The summed E-state index contributed by atoms with van der Waals surface area (Å²) < 4.78 is 16.4. The van der Waals surface area contributed by atoms with Gasteiger partial charge in [0, 0.05) is 17.8 Å². The van der Waals surface area contributed by atoms with Crippen molar-refractivity contribution in [2.45, 2.75) is 13.0 Å². The smallest absolute Gasteiger partial charge is 0.273 e. The Hall–Kier alpha value is -3.29. The monoisotopic (exact) mass is 344 g/mol. The number of amides is 1. The van der Waals surface area contributed by atoms with E-state index in [0.717, 1.165) is 0 Å². The minimum absolute atomic E-state index is 0.100. The van der Waals surface area contributed by atoms with Gasteiger partial charge in [-0.15, -0.1) is 0 Å². The molecule has 130 valence electrons. The van der Waals surface area contributed by atoms with Gasteiger partial charge in [-0.1, -0.05) is 6.07 Å². The maximum atomic E-state index is 12.3. The zero-order valence-corrected chi connectivity index (χ0v) is 13.4. The van der Waals surface area contributed by atoms with E-state index in [9.17, 15) is 14.9 Å². The molecule has 0 aromatic heterocycles. The lowest BCUT2D eigenvalue weighted by atomic mass is 10.2. The van der Waals surface area contributed by atoms with Gasteiger partial charge >= 0.3 is 0 Å². The Bertz CT molecular complexity index is 807. The fraction of sp³-hybridized carbons (Fsp3) is 0.235. The van der Waals surface area contributed by atoms with E-state index in [0.29, 0.717) is 30.4 Å². The third-order valence-electron chi connectivity index (χ3n) is 3.52. The topological polar surface area (TPSA) is 99.9 Å². The Morgan fingerprint density at radius 2 is 1.96 bits per heavy atom. The fourth-order valence-electron chi connectivity index (χ4n) is 2.29. The summed E-state index contributed by atoms with van der Waals surface area (Å²) in [6.07, 6.45) is -0.838. The molecule has 0 fully saturated rings. The number of anilines is 1. The predicted molar refractivity (Wildman–Crippen MR) is 89.2 cm³/mol. The third-order valence-corrected chi connectivity index (χ3v) is 3.52. The lowest BCUT2D eigenvalue weighted by Crippen LogP contribution is -2.30. The van der Waals surface area contributed by atoms with E-state index in [2.05, 4.69) is 5.32 Å². The second-order valence-corrected chi connectivity index (χ2v) is 5.36. The molecule has 0 unspecified atom stereocenters. The van der Waals surface area contributed by atoms with E-state index in [1.165, 1.54) is 18.2 Å². The molecule has 0 saturated carbocycles. The lowest BCUT2D eigenvalue weighted by Gasteiger charge is -2.19. The molecule has 1 N–H and O–H groups in total. The molecule has 1 aliphatic heterocycles. The summed E-state index contributed by atoms with van der Waals surface area (Å²) in [6.45, 7) is 2.51. The van der Waals surface area contributed by atoms with E-state index in [-0.39, 0.29) is 17.3 Å². The Labute approximate surface area is 143 Å². The zero-order valence-electron chi connectivity index (χ0n) is 13.4. The van der Waals surface area contributed by atoms with E-state index < -0.39 is 11.0 Å². The van der Waals surface area contributed by atoms with Gasteiger partial charge in [-0.25, -0.2) is 0 Å². The Morgan fingerprint density at radius 1 is 1.20 bits per heavy atom. The largest absolute Gasteiger partial charge is 0.486 e. The average molecular weight is 344 g/mol. The molecule has 2 aromatic carbocycles. The molecule has 8 heteroatoms. The van der Waals surface area contributed by atoms with Crippen LogP contribution < -0.4 is 19.5 Å². The maximum Gasteiger partial charge on any atom is 0.273 e. The van der Waals surface area contributed by atoms with E-state index in [1.54, 1.807) is 31.2 Å². The lowest BCUT2D eigenvalue weighted by molar-refractivity contribution is -0.384. The summed E-state index contributed by atoms with van der Waals surface area (Å²) >= 11 is 0. The van der Waals surface area contributed by atoms with Gasteiger partial charge in [0.15, 0.2) is 17.6 Å². The van der Waals surface area contributed by atoms with Crippen LogP contribution in [0.1, 0.15) is 6.92 Å². The summed E-state index contributed by atoms with van der Waals surface area (Å²) in [4.78, 5) is 22.5. The van der Waals surface area contributed by atoms with Crippen molar-refractivity contribution in [3.05, 3.63) is 52.6 Å². The van der Waals surface area contributed by atoms with Crippen LogP contribution in [-0.4, -0.2) is 30.1 Å². The highest BCUT2D eigenvalue weighted by molar-refractivity contribution is 5.94. The first-order valence-corrected chi connectivity index (χ1v) is 7.64. The molecular formula is C17H16N2O6. The molecule has 0 saturated heterocycles. The number of nitrogens with one attached hydrogen (secondary N) is 1. The van der Waals surface area contributed by atoms with Crippen LogP contribution in [0.4, 0.5) is 11.4 Å². The summed E-state index contributed by atoms with van der Waals surface area (Å²) in [6, 6.07) is 10.8. The molecule has 1 heterocycles. The quantitative estimate of drug-likeness (QED) is 0.661. The molecular weight excluding hydrogens is 328 g/mol. The second kappa shape index (κ2) is 7.08. The minimum atomic E-state index is -0.838. The van der Waals surface area contributed by atoms with E-state index >= 15 is 0 Å². The molecule has 1 amide bonds. The maximum absolute atomic E-state index is 12.3. The van der Waals surface area contributed by atoms with Crippen LogP contribution in [0, 0.1) is 10.1 Å². The molecule has 3 rings (SSSR count). The molecule has 8 nitrogen and oxygen atoms in total. The molecule has 1 aliphatic rings. The van der Waals surface area contributed by atoms with Crippen LogP contribution in [0.15, 0.2) is 42.5 Å². The van der Waals surface area contributed by atoms with Crippen LogP contribution in [0.3, 0.4) is 0 Å². The van der Waals surface area contributed by atoms with Crippen molar-refractivity contribution in [3.63, 3.8) is 0 Å². The number of nitrogens with zero attached hydrogens (tertiary/aromatic N) is 1. The normalized spacial score (nSPS) is 13.6. The van der Waals surface area contributed by atoms with Gasteiger partial charge in [-0.2, -0.15) is 0 Å². The molecule has 0 bridgehead atoms. The number of rotatable bonds is 5. The van der Waals surface area contributed by atoms with Crippen molar-refractivity contribution < 1.29 is 23.9 Å². The summed E-state index contributed by atoms with van der Waals surface area (Å²) in [5.41, 5.74) is 0.445. The van der Waals surface area contributed by atoms with Gasteiger partial charge < -0.3 is 19.5 Å². The second-order valence-electron chi connectivity index (χ2n) is 5.36. The van der Waals surface area contributed by atoms with Crippen LogP contribution in [0.25, 0.3) is 0 Å². The van der Waals surface area contributed by atoms with Gasteiger partial charge in [0.2, 0.25) is 0 Å². The van der Waals surface area contributed by atoms with Crippen molar-refractivity contribution in [2.24, 2.45) is 0 Å². The van der Waals surface area contributed by atoms with Crippen LogP contribution in [-0.2, 0) is 4.79 Å². The van der Waals surface area contributed by atoms with Crippen LogP contribution in [0.2, 0.25) is 0 Å². The SMILES string of the molecule is C[C@@H](Oc1cccc([N+](=O)[O-])c1)C(=O)Nc1ccc2c(c1)OCCO2. The number of benzene rings is 2. The molecule has 2 aromatic rings.